The number of hydrogen-bond donors (Lipinski definition) is 0. The van der Waals surface area contributed by atoms with Crippen LogP contribution in [-0.2, 0) is 9.53 Å². The van der Waals surface area contributed by atoms with E-state index in [9.17, 15) is 4.79 Å². The van der Waals surface area contributed by atoms with E-state index in [2.05, 4.69) is 15.9 Å². The van der Waals surface area contributed by atoms with Gasteiger partial charge in [0.05, 0.1) is 22.3 Å². The largest absolute Gasteiger partial charge is 0.466 e. The first-order chi connectivity index (χ1) is 10.6. The van der Waals surface area contributed by atoms with Crippen LogP contribution in [0.1, 0.15) is 25.3 Å². The summed E-state index contributed by atoms with van der Waals surface area (Å²) < 4.78 is 12.0. The fourth-order valence-electron chi connectivity index (χ4n) is 2.24. The first-order valence-electron chi connectivity index (χ1n) is 7.04. The summed E-state index contributed by atoms with van der Waals surface area (Å²) >= 11 is 5.12. The van der Waals surface area contributed by atoms with E-state index in [0.29, 0.717) is 6.61 Å². The number of carbonyl (C=O) groups is 1. The third-order valence-electron chi connectivity index (χ3n) is 3.45. The molecule has 1 atom stereocenters. The van der Waals surface area contributed by atoms with Crippen molar-refractivity contribution in [2.45, 2.75) is 29.6 Å². The molecule has 2 aromatic rings. The molecule has 0 saturated heterocycles. The zero-order valence-corrected chi connectivity index (χ0v) is 14.7. The lowest BCUT2D eigenvalue weighted by Gasteiger charge is -2.21. The Hall–Kier alpha value is -1.46. The minimum atomic E-state index is -0.283. The molecule has 1 unspecified atom stereocenters. The van der Waals surface area contributed by atoms with Gasteiger partial charge in [-0.25, -0.2) is 0 Å². The molecule has 0 fully saturated rings. The van der Waals surface area contributed by atoms with Crippen molar-refractivity contribution in [3.05, 3.63) is 46.4 Å². The fourth-order valence-corrected chi connectivity index (χ4v) is 3.80. The summed E-state index contributed by atoms with van der Waals surface area (Å²) in [6.45, 7) is 4.07. The maximum atomic E-state index is 11.9. The molecule has 1 aliphatic rings. The van der Waals surface area contributed by atoms with Crippen LogP contribution in [0.25, 0.3) is 0 Å². The highest BCUT2D eigenvalue weighted by Gasteiger charge is 2.22. The smallest absolute Gasteiger partial charge is 0.313 e. The van der Waals surface area contributed by atoms with Crippen molar-refractivity contribution in [3.8, 4) is 11.5 Å². The van der Waals surface area contributed by atoms with Crippen LogP contribution in [0.5, 0.6) is 11.5 Å². The number of carbonyl (C=O) groups excluding carboxylic acids is 1. The van der Waals surface area contributed by atoms with Crippen LogP contribution in [0, 0.1) is 0 Å². The first-order valence-corrected chi connectivity index (χ1v) is 8.65. The average Bonchev–Trinajstić information content (AvgIpc) is 2.52. The second-order valence-electron chi connectivity index (χ2n) is 4.98. The third-order valence-corrected chi connectivity index (χ3v) is 5.02. The normalized spacial score (nSPS) is 13.6. The predicted octanol–water partition coefficient (Wildman–Crippen LogP) is 5.37. The molecule has 0 aliphatic carbocycles. The first kappa shape index (κ1) is 15.4. The summed E-state index contributed by atoms with van der Waals surface area (Å²) in [6, 6.07) is 11.8. The van der Waals surface area contributed by atoms with E-state index in [4.69, 9.17) is 9.47 Å². The monoisotopic (exact) mass is 378 g/mol. The van der Waals surface area contributed by atoms with Gasteiger partial charge in [-0.2, -0.15) is 0 Å². The minimum Gasteiger partial charge on any atom is -0.466 e. The molecule has 0 spiro atoms. The summed E-state index contributed by atoms with van der Waals surface area (Å²) in [4.78, 5) is 14.0. The summed E-state index contributed by atoms with van der Waals surface area (Å²) in [7, 11) is 0. The van der Waals surface area contributed by atoms with Crippen LogP contribution in [0.2, 0.25) is 0 Å². The highest BCUT2D eigenvalue weighted by molar-refractivity contribution is 9.10. The molecule has 0 aromatic heterocycles. The number of ether oxygens (including phenoxy) is 2. The second-order valence-corrected chi connectivity index (χ2v) is 6.97. The van der Waals surface area contributed by atoms with Crippen molar-refractivity contribution in [2.24, 2.45) is 0 Å². The van der Waals surface area contributed by atoms with Gasteiger partial charge in [0.15, 0.2) is 0 Å². The fraction of sp³-hybridized carbons (Fsp3) is 0.235. The Morgan fingerprint density at radius 3 is 2.64 bits per heavy atom. The molecule has 0 radical (unpaired) electrons. The van der Waals surface area contributed by atoms with Gasteiger partial charge in [-0.3, -0.25) is 4.79 Å². The maximum absolute atomic E-state index is 11.9. The van der Waals surface area contributed by atoms with E-state index >= 15 is 0 Å². The number of esters is 1. The molecule has 3 nitrogen and oxygen atoms in total. The Bertz CT molecular complexity index is 730. The van der Waals surface area contributed by atoms with Gasteiger partial charge < -0.3 is 9.47 Å². The van der Waals surface area contributed by atoms with Crippen molar-refractivity contribution < 1.29 is 14.3 Å². The van der Waals surface area contributed by atoms with Crippen LogP contribution >= 0.6 is 27.7 Å². The molecule has 1 heterocycles. The SMILES string of the molecule is CCOC(=O)C(C)c1ccc2c(c1)Sc1cc(Br)ccc1O2. The molecule has 114 valence electrons. The summed E-state index contributed by atoms with van der Waals surface area (Å²) in [5, 5.41) is 0. The Kier molecular flexibility index (Phi) is 4.45. The molecular formula is C17H15BrO3S. The molecule has 0 amide bonds. The Morgan fingerprint density at radius 2 is 1.91 bits per heavy atom. The molecule has 0 N–H and O–H groups in total. The minimum absolute atomic E-state index is 0.202. The van der Waals surface area contributed by atoms with Crippen molar-refractivity contribution in [2.75, 3.05) is 6.61 Å². The van der Waals surface area contributed by atoms with Gasteiger partial charge in [0.1, 0.15) is 11.5 Å². The Labute approximate surface area is 142 Å². The number of benzene rings is 2. The Morgan fingerprint density at radius 1 is 1.23 bits per heavy atom. The highest BCUT2D eigenvalue weighted by Crippen LogP contribution is 2.48. The average molecular weight is 379 g/mol. The molecule has 2 aromatic carbocycles. The summed E-state index contributed by atoms with van der Waals surface area (Å²) in [5.41, 5.74) is 0.937. The standard InChI is InChI=1S/C17H15BrO3S/c1-3-20-17(19)10(2)11-4-6-13-15(8-11)22-16-9-12(18)5-7-14(16)21-13/h4-10H,3H2,1-2H3. The van der Waals surface area contributed by atoms with Crippen LogP contribution in [0.4, 0.5) is 0 Å². The van der Waals surface area contributed by atoms with E-state index in [1.165, 1.54) is 0 Å². The van der Waals surface area contributed by atoms with E-state index in [1.807, 2.05) is 50.2 Å². The molecule has 0 saturated carbocycles. The summed E-state index contributed by atoms with van der Waals surface area (Å²) in [5.74, 6) is 1.19. The van der Waals surface area contributed by atoms with Crippen molar-refractivity contribution >= 4 is 33.7 Å². The lowest BCUT2D eigenvalue weighted by molar-refractivity contribution is -0.144. The predicted molar refractivity (Wildman–Crippen MR) is 89.8 cm³/mol. The molecule has 3 rings (SSSR count). The summed E-state index contributed by atoms with van der Waals surface area (Å²) in [6.07, 6.45) is 0. The Balaban J connectivity index is 1.89. The number of rotatable bonds is 3. The highest BCUT2D eigenvalue weighted by atomic mass is 79.9. The van der Waals surface area contributed by atoms with Gasteiger partial charge in [-0.15, -0.1) is 0 Å². The maximum Gasteiger partial charge on any atom is 0.313 e. The van der Waals surface area contributed by atoms with Gasteiger partial charge in [-0.1, -0.05) is 33.8 Å². The zero-order chi connectivity index (χ0) is 15.7. The van der Waals surface area contributed by atoms with Crippen LogP contribution in [0.3, 0.4) is 0 Å². The topological polar surface area (TPSA) is 35.5 Å². The van der Waals surface area contributed by atoms with Gasteiger partial charge in [0.2, 0.25) is 0 Å². The lowest BCUT2D eigenvalue weighted by Crippen LogP contribution is -2.13. The number of hydrogen-bond acceptors (Lipinski definition) is 4. The van der Waals surface area contributed by atoms with E-state index in [-0.39, 0.29) is 11.9 Å². The zero-order valence-electron chi connectivity index (χ0n) is 12.3. The van der Waals surface area contributed by atoms with Crippen LogP contribution in [-0.4, -0.2) is 12.6 Å². The van der Waals surface area contributed by atoms with E-state index < -0.39 is 0 Å². The molecule has 1 aliphatic heterocycles. The third kappa shape index (κ3) is 3.01. The van der Waals surface area contributed by atoms with Crippen molar-refractivity contribution in [1.82, 2.24) is 0 Å². The van der Waals surface area contributed by atoms with Gasteiger partial charge in [0.25, 0.3) is 0 Å². The lowest BCUT2D eigenvalue weighted by atomic mass is 10.0. The van der Waals surface area contributed by atoms with Crippen molar-refractivity contribution in [1.29, 1.82) is 0 Å². The van der Waals surface area contributed by atoms with Crippen LogP contribution < -0.4 is 4.74 Å². The van der Waals surface area contributed by atoms with Crippen molar-refractivity contribution in [3.63, 3.8) is 0 Å². The molecule has 0 bridgehead atoms. The van der Waals surface area contributed by atoms with Gasteiger partial charge >= 0.3 is 5.97 Å². The van der Waals surface area contributed by atoms with Crippen LogP contribution in [0.15, 0.2) is 50.7 Å². The number of fused-ring (bicyclic) bond motifs is 2. The van der Waals surface area contributed by atoms with Gasteiger partial charge in [0, 0.05) is 4.47 Å². The van der Waals surface area contributed by atoms with Gasteiger partial charge in [-0.05, 0) is 49.7 Å². The van der Waals surface area contributed by atoms with E-state index in [0.717, 1.165) is 31.3 Å². The molecular weight excluding hydrogens is 364 g/mol. The molecule has 5 heteroatoms. The molecule has 22 heavy (non-hydrogen) atoms. The van der Waals surface area contributed by atoms with E-state index in [1.54, 1.807) is 11.8 Å². The number of halogens is 1. The second kappa shape index (κ2) is 6.34. The quantitative estimate of drug-likeness (QED) is 0.573.